The second-order valence-electron chi connectivity index (χ2n) is 6.31. The van der Waals surface area contributed by atoms with Gasteiger partial charge in [0.2, 0.25) is 5.91 Å². The molecule has 0 aliphatic heterocycles. The first kappa shape index (κ1) is 19.0. The van der Waals surface area contributed by atoms with E-state index in [1.807, 2.05) is 32.3 Å². The number of nitrogens with one attached hydrogen (secondary N) is 2. The van der Waals surface area contributed by atoms with Crippen LogP contribution in [0.3, 0.4) is 0 Å². The maximum atomic E-state index is 12.9. The molecular weight excluding hydrogens is 363 g/mol. The zero-order valence-corrected chi connectivity index (χ0v) is 16.0. The van der Waals surface area contributed by atoms with Gasteiger partial charge in [-0.15, -0.1) is 0 Å². The maximum Gasteiger partial charge on any atom is 0.248 e. The van der Waals surface area contributed by atoms with Crippen molar-refractivity contribution in [1.82, 2.24) is 9.88 Å². The van der Waals surface area contributed by atoms with Gasteiger partial charge in [-0.3, -0.25) is 4.79 Å². The highest BCUT2D eigenvalue weighted by Gasteiger charge is 2.06. The average Bonchev–Trinajstić information content (AvgIpc) is 3.03. The van der Waals surface area contributed by atoms with E-state index in [4.69, 9.17) is 0 Å². The molecule has 0 fully saturated rings. The fraction of sp³-hybridized carbons (Fsp3) is 0.200. The molecule has 2 N–H and O–H groups in total. The van der Waals surface area contributed by atoms with Crippen LogP contribution < -0.4 is 10.6 Å². The summed E-state index contributed by atoms with van der Waals surface area (Å²) in [4.78, 5) is 18.7. The summed E-state index contributed by atoms with van der Waals surface area (Å²) in [5.41, 5.74) is 2.37. The van der Waals surface area contributed by atoms with Crippen molar-refractivity contribution in [3.05, 3.63) is 59.9 Å². The third kappa shape index (κ3) is 5.60. The summed E-state index contributed by atoms with van der Waals surface area (Å²) >= 11 is 1.56. The van der Waals surface area contributed by atoms with E-state index in [-0.39, 0.29) is 11.7 Å². The molecule has 0 bridgehead atoms. The molecule has 0 saturated heterocycles. The number of nitrogens with zero attached hydrogens (tertiary/aromatic N) is 2. The predicted molar refractivity (Wildman–Crippen MR) is 111 cm³/mol. The fourth-order valence-electron chi connectivity index (χ4n) is 2.39. The molecule has 1 heterocycles. The lowest BCUT2D eigenvalue weighted by Crippen LogP contribution is -2.20. The van der Waals surface area contributed by atoms with E-state index in [0.29, 0.717) is 5.69 Å². The van der Waals surface area contributed by atoms with Gasteiger partial charge in [-0.05, 0) is 56.1 Å². The molecule has 1 amide bonds. The molecule has 0 radical (unpaired) electrons. The van der Waals surface area contributed by atoms with Crippen LogP contribution in [-0.2, 0) is 4.79 Å². The molecular formula is C20H21FN4OS. The number of hydrogen-bond acceptors (Lipinski definition) is 5. The molecule has 27 heavy (non-hydrogen) atoms. The zero-order valence-electron chi connectivity index (χ0n) is 15.2. The number of fused-ring (bicyclic) bond motifs is 1. The minimum absolute atomic E-state index is 0.243. The van der Waals surface area contributed by atoms with E-state index in [1.165, 1.54) is 18.2 Å². The Labute approximate surface area is 161 Å². The number of hydrogen-bond donors (Lipinski definition) is 2. The molecule has 5 nitrogen and oxygen atoms in total. The first-order valence-corrected chi connectivity index (χ1v) is 9.35. The lowest BCUT2D eigenvalue weighted by atomic mass is 10.2. The van der Waals surface area contributed by atoms with Crippen LogP contribution in [0.4, 0.5) is 15.2 Å². The SMILES string of the molecule is CN(C)CCNc1nc2ccc(NC(=O)/C=C\c3ccc(F)cc3)cc2s1. The summed E-state index contributed by atoms with van der Waals surface area (Å²) in [6.07, 6.45) is 3.07. The topological polar surface area (TPSA) is 57.3 Å². The number of carbonyl (C=O) groups excluding carboxylic acids is 1. The Kier molecular flexibility index (Phi) is 6.16. The molecule has 3 aromatic rings. The van der Waals surface area contributed by atoms with Gasteiger partial charge in [-0.25, -0.2) is 9.37 Å². The van der Waals surface area contributed by atoms with Crippen molar-refractivity contribution < 1.29 is 9.18 Å². The molecule has 0 saturated carbocycles. The summed E-state index contributed by atoms with van der Waals surface area (Å²) in [5, 5.41) is 7.01. The van der Waals surface area contributed by atoms with Gasteiger partial charge in [0.1, 0.15) is 5.82 Å². The number of thiazole rings is 1. The van der Waals surface area contributed by atoms with Crippen LogP contribution in [0.5, 0.6) is 0 Å². The van der Waals surface area contributed by atoms with Crippen LogP contribution in [-0.4, -0.2) is 43.0 Å². The Bertz CT molecular complexity index is 950. The van der Waals surface area contributed by atoms with E-state index in [1.54, 1.807) is 29.5 Å². The number of halogens is 1. The molecule has 0 spiro atoms. The van der Waals surface area contributed by atoms with Gasteiger partial charge in [0.05, 0.1) is 10.2 Å². The largest absolute Gasteiger partial charge is 0.360 e. The van der Waals surface area contributed by atoms with Crippen LogP contribution in [0.25, 0.3) is 16.3 Å². The minimum Gasteiger partial charge on any atom is -0.360 e. The monoisotopic (exact) mass is 384 g/mol. The van der Waals surface area contributed by atoms with Crippen molar-refractivity contribution in [2.24, 2.45) is 0 Å². The Morgan fingerprint density at radius 2 is 2.00 bits per heavy atom. The highest BCUT2D eigenvalue weighted by atomic mass is 32.1. The highest BCUT2D eigenvalue weighted by Crippen LogP contribution is 2.28. The smallest absolute Gasteiger partial charge is 0.248 e. The van der Waals surface area contributed by atoms with Crippen molar-refractivity contribution >= 4 is 44.4 Å². The Hall–Kier alpha value is -2.77. The van der Waals surface area contributed by atoms with Gasteiger partial charge in [0.25, 0.3) is 0 Å². The Balaban J connectivity index is 1.62. The lowest BCUT2D eigenvalue weighted by molar-refractivity contribution is -0.111. The molecule has 0 unspecified atom stereocenters. The van der Waals surface area contributed by atoms with Gasteiger partial charge in [-0.1, -0.05) is 23.5 Å². The first-order chi connectivity index (χ1) is 13.0. The highest BCUT2D eigenvalue weighted by molar-refractivity contribution is 7.22. The van der Waals surface area contributed by atoms with Gasteiger partial charge in [0.15, 0.2) is 5.13 Å². The van der Waals surface area contributed by atoms with Crippen molar-refractivity contribution in [3.63, 3.8) is 0 Å². The second kappa shape index (κ2) is 8.75. The Morgan fingerprint density at radius 1 is 1.22 bits per heavy atom. The number of aromatic nitrogens is 1. The number of rotatable bonds is 7. The molecule has 140 valence electrons. The standard InChI is InChI=1S/C20H21FN4OS/c1-25(2)12-11-22-20-24-17-9-8-16(13-18(17)27-20)23-19(26)10-5-14-3-6-15(21)7-4-14/h3-10,13H,11-12H2,1-2H3,(H,22,24)(H,23,26)/b10-5-. The lowest BCUT2D eigenvalue weighted by Gasteiger charge is -2.08. The number of likely N-dealkylation sites (N-methyl/N-ethyl adjacent to an activating group) is 1. The fourth-order valence-corrected chi connectivity index (χ4v) is 3.32. The minimum atomic E-state index is -0.301. The van der Waals surface area contributed by atoms with E-state index in [9.17, 15) is 9.18 Å². The summed E-state index contributed by atoms with van der Waals surface area (Å²) in [5.74, 6) is -0.544. The van der Waals surface area contributed by atoms with Gasteiger partial charge in [-0.2, -0.15) is 0 Å². The van der Waals surface area contributed by atoms with Crippen LogP contribution in [0.1, 0.15) is 5.56 Å². The third-order valence-electron chi connectivity index (χ3n) is 3.79. The van der Waals surface area contributed by atoms with Gasteiger partial charge in [0, 0.05) is 24.9 Å². The molecule has 0 atom stereocenters. The molecule has 0 aliphatic carbocycles. The van der Waals surface area contributed by atoms with E-state index in [0.717, 1.165) is 34.0 Å². The summed E-state index contributed by atoms with van der Waals surface area (Å²) in [6, 6.07) is 11.6. The maximum absolute atomic E-state index is 12.9. The van der Waals surface area contributed by atoms with Crippen molar-refractivity contribution in [2.75, 3.05) is 37.8 Å². The quantitative estimate of drug-likeness (QED) is 0.603. The predicted octanol–water partition coefficient (Wildman–Crippen LogP) is 4.06. The Morgan fingerprint density at radius 3 is 2.74 bits per heavy atom. The van der Waals surface area contributed by atoms with Gasteiger partial charge < -0.3 is 15.5 Å². The van der Waals surface area contributed by atoms with Crippen molar-refractivity contribution in [1.29, 1.82) is 0 Å². The van der Waals surface area contributed by atoms with Crippen LogP contribution >= 0.6 is 11.3 Å². The summed E-state index contributed by atoms with van der Waals surface area (Å²) in [6.45, 7) is 1.75. The van der Waals surface area contributed by atoms with E-state index >= 15 is 0 Å². The molecule has 1 aromatic heterocycles. The molecule has 7 heteroatoms. The van der Waals surface area contributed by atoms with Gasteiger partial charge >= 0.3 is 0 Å². The molecule has 3 rings (SSSR count). The normalized spacial score (nSPS) is 11.4. The zero-order chi connectivity index (χ0) is 19.2. The number of anilines is 2. The van der Waals surface area contributed by atoms with Crippen molar-refractivity contribution in [2.45, 2.75) is 0 Å². The van der Waals surface area contributed by atoms with E-state index < -0.39 is 0 Å². The van der Waals surface area contributed by atoms with Crippen LogP contribution in [0, 0.1) is 5.82 Å². The number of benzene rings is 2. The van der Waals surface area contributed by atoms with Crippen molar-refractivity contribution in [3.8, 4) is 0 Å². The summed E-state index contributed by atoms with van der Waals surface area (Å²) in [7, 11) is 4.05. The van der Waals surface area contributed by atoms with Crippen LogP contribution in [0.2, 0.25) is 0 Å². The molecule has 0 aliphatic rings. The third-order valence-corrected chi connectivity index (χ3v) is 4.76. The first-order valence-electron chi connectivity index (χ1n) is 8.53. The average molecular weight is 384 g/mol. The number of amides is 1. The molecule has 2 aromatic carbocycles. The second-order valence-corrected chi connectivity index (χ2v) is 7.34. The number of carbonyl (C=O) groups is 1. The van der Waals surface area contributed by atoms with E-state index in [2.05, 4.69) is 20.5 Å². The van der Waals surface area contributed by atoms with Crippen LogP contribution in [0.15, 0.2) is 48.5 Å². The summed E-state index contributed by atoms with van der Waals surface area (Å²) < 4.78 is 13.9.